The number of anilines is 1. The summed E-state index contributed by atoms with van der Waals surface area (Å²) in [6, 6.07) is 1.04. The average molecular weight is 561 g/mol. The number of rotatable bonds is 10. The van der Waals surface area contributed by atoms with E-state index < -0.39 is 21.3 Å². The molecule has 4 heterocycles. The van der Waals surface area contributed by atoms with Gasteiger partial charge in [-0.25, -0.2) is 28.4 Å². The summed E-state index contributed by atoms with van der Waals surface area (Å²) in [5.74, 6) is -0.235. The number of amides is 1. The van der Waals surface area contributed by atoms with Crippen molar-refractivity contribution in [2.24, 2.45) is 0 Å². The van der Waals surface area contributed by atoms with E-state index in [1.165, 1.54) is 23.7 Å². The third kappa shape index (κ3) is 5.27. The molecule has 1 aliphatic heterocycles. The number of carbonyl (C=O) groups excluding carboxylic acids is 2. The van der Waals surface area contributed by atoms with Crippen LogP contribution in [0, 0.1) is 0 Å². The normalized spacial score (nSPS) is 17.6. The van der Waals surface area contributed by atoms with E-state index in [1.54, 1.807) is 23.4 Å². The van der Waals surface area contributed by atoms with Crippen molar-refractivity contribution in [3.8, 4) is 16.5 Å². The van der Waals surface area contributed by atoms with Gasteiger partial charge in [-0.05, 0) is 25.8 Å². The van der Waals surface area contributed by atoms with Gasteiger partial charge in [0.25, 0.3) is 21.9 Å². The first-order chi connectivity index (χ1) is 18.4. The Morgan fingerprint density at radius 3 is 2.87 bits per heavy atom. The van der Waals surface area contributed by atoms with Crippen LogP contribution >= 0.6 is 11.3 Å². The Morgan fingerprint density at radius 2 is 2.11 bits per heavy atom. The number of hydrogen-bond acceptors (Lipinski definition) is 13. The molecule has 1 amide bonds. The van der Waals surface area contributed by atoms with Crippen LogP contribution in [0.15, 0.2) is 30.9 Å². The van der Waals surface area contributed by atoms with Gasteiger partial charge in [0.15, 0.2) is 5.01 Å². The second kappa shape index (κ2) is 10.9. The van der Waals surface area contributed by atoms with Gasteiger partial charge in [-0.15, -0.1) is 11.3 Å². The van der Waals surface area contributed by atoms with Gasteiger partial charge in [-0.1, -0.05) is 4.47 Å². The molecule has 3 aromatic heterocycles. The van der Waals surface area contributed by atoms with E-state index in [0.29, 0.717) is 65.7 Å². The summed E-state index contributed by atoms with van der Waals surface area (Å²) in [6.07, 6.45) is 6.94. The van der Waals surface area contributed by atoms with Gasteiger partial charge in [0, 0.05) is 32.0 Å². The zero-order chi connectivity index (χ0) is 26.7. The van der Waals surface area contributed by atoms with Crippen LogP contribution < -0.4 is 14.5 Å². The highest BCUT2D eigenvalue weighted by molar-refractivity contribution is 7.93. The molecule has 1 atom stereocenters. The summed E-state index contributed by atoms with van der Waals surface area (Å²) in [5.41, 5.74) is 0.921. The first-order valence-corrected chi connectivity index (χ1v) is 14.1. The van der Waals surface area contributed by atoms with Gasteiger partial charge < -0.3 is 19.8 Å². The Bertz CT molecular complexity index is 1430. The van der Waals surface area contributed by atoms with Crippen molar-refractivity contribution < 1.29 is 27.6 Å². The molecule has 1 N–H and O–H groups in total. The summed E-state index contributed by atoms with van der Waals surface area (Å²) < 4.78 is 31.4. The van der Waals surface area contributed by atoms with Gasteiger partial charge in [-0.2, -0.15) is 0 Å². The minimum Gasteiger partial charge on any atom is -0.477 e. The van der Waals surface area contributed by atoms with E-state index in [4.69, 9.17) is 9.57 Å². The number of piperazine rings is 1. The molecular weight excluding hydrogens is 536 g/mol. The summed E-state index contributed by atoms with van der Waals surface area (Å²) in [4.78, 5) is 52.9. The molecule has 1 saturated carbocycles. The molecule has 38 heavy (non-hydrogen) atoms. The Balaban J connectivity index is 1.40. The van der Waals surface area contributed by atoms with Gasteiger partial charge in [0.2, 0.25) is 5.88 Å². The van der Waals surface area contributed by atoms with Crippen molar-refractivity contribution in [1.29, 1.82) is 0 Å². The number of nitrogens with one attached hydrogen (secondary N) is 1. The molecule has 0 spiro atoms. The standard InChI is InChI=1S/C22H24N8O6S2/c1-2-35-19-12-24-9-16(27-19)18-11-26-20(37-18)21(32)29-8-7-23-10-17(29)15-5-6-25-22(28-15)30(36-13-31)38(33,34)14-3-4-14/h5-6,9,11-14,17,23H,2-4,7-8,10H2,1H3. The number of hydrogen-bond donors (Lipinski definition) is 1. The maximum absolute atomic E-state index is 13.5. The molecule has 200 valence electrons. The molecular formula is C22H24N8O6S2. The van der Waals surface area contributed by atoms with Crippen LogP contribution in [0.2, 0.25) is 0 Å². The van der Waals surface area contributed by atoms with Crippen molar-refractivity contribution in [2.75, 3.05) is 30.7 Å². The maximum Gasteiger partial charge on any atom is 0.322 e. The molecule has 2 aliphatic rings. The Kier molecular flexibility index (Phi) is 7.44. The van der Waals surface area contributed by atoms with E-state index in [9.17, 15) is 18.0 Å². The molecule has 1 unspecified atom stereocenters. The van der Waals surface area contributed by atoms with Crippen LogP contribution in [0.1, 0.15) is 41.3 Å². The van der Waals surface area contributed by atoms with Gasteiger partial charge >= 0.3 is 6.47 Å². The highest BCUT2D eigenvalue weighted by atomic mass is 32.2. The molecule has 1 saturated heterocycles. The molecule has 0 radical (unpaired) electrons. The van der Waals surface area contributed by atoms with Crippen LogP contribution in [-0.2, 0) is 19.7 Å². The van der Waals surface area contributed by atoms with E-state index in [1.807, 2.05) is 6.92 Å². The third-order valence-corrected chi connectivity index (χ3v) is 8.87. The lowest BCUT2D eigenvalue weighted by molar-refractivity contribution is -0.128. The summed E-state index contributed by atoms with van der Waals surface area (Å²) >= 11 is 1.18. The number of sulfonamides is 1. The second-order valence-electron chi connectivity index (χ2n) is 8.38. The Morgan fingerprint density at radius 1 is 1.26 bits per heavy atom. The van der Waals surface area contributed by atoms with Gasteiger partial charge in [0.1, 0.15) is 5.69 Å². The molecule has 5 rings (SSSR count). The summed E-state index contributed by atoms with van der Waals surface area (Å²) in [5, 5.41) is 2.83. The molecule has 2 fully saturated rings. The Labute approximate surface area is 222 Å². The highest BCUT2D eigenvalue weighted by Gasteiger charge is 2.43. The van der Waals surface area contributed by atoms with E-state index in [2.05, 4.69) is 30.2 Å². The number of aromatic nitrogens is 5. The molecule has 0 aromatic carbocycles. The number of thiazole rings is 1. The first kappa shape index (κ1) is 25.9. The van der Waals surface area contributed by atoms with Crippen molar-refractivity contribution in [3.63, 3.8) is 0 Å². The van der Waals surface area contributed by atoms with Gasteiger partial charge in [0.05, 0.1) is 40.9 Å². The molecule has 3 aromatic rings. The largest absolute Gasteiger partial charge is 0.477 e. The topological polar surface area (TPSA) is 170 Å². The van der Waals surface area contributed by atoms with Crippen molar-refractivity contribution in [3.05, 3.63) is 41.6 Å². The monoisotopic (exact) mass is 560 g/mol. The summed E-state index contributed by atoms with van der Waals surface area (Å²) in [6.45, 7) is 3.60. The molecule has 0 bridgehead atoms. The van der Waals surface area contributed by atoms with Crippen LogP contribution in [0.25, 0.3) is 10.6 Å². The van der Waals surface area contributed by atoms with E-state index in [-0.39, 0.29) is 23.3 Å². The number of nitrogens with zero attached hydrogens (tertiary/aromatic N) is 7. The van der Waals surface area contributed by atoms with Crippen molar-refractivity contribution in [1.82, 2.24) is 35.1 Å². The number of carbonyl (C=O) groups is 2. The zero-order valence-electron chi connectivity index (χ0n) is 20.3. The minimum atomic E-state index is -3.96. The highest BCUT2D eigenvalue weighted by Crippen LogP contribution is 2.33. The second-order valence-corrected chi connectivity index (χ2v) is 11.4. The predicted octanol–water partition coefficient (Wildman–Crippen LogP) is 0.962. The molecule has 1 aliphatic carbocycles. The molecule has 16 heteroatoms. The fourth-order valence-electron chi connectivity index (χ4n) is 3.91. The van der Waals surface area contributed by atoms with E-state index >= 15 is 0 Å². The van der Waals surface area contributed by atoms with Crippen LogP contribution in [0.5, 0.6) is 5.88 Å². The lowest BCUT2D eigenvalue weighted by Gasteiger charge is -2.35. The van der Waals surface area contributed by atoms with Crippen LogP contribution in [0.3, 0.4) is 0 Å². The Hall–Kier alpha value is -3.76. The quantitative estimate of drug-likeness (QED) is 0.276. The zero-order valence-corrected chi connectivity index (χ0v) is 21.9. The lowest BCUT2D eigenvalue weighted by Crippen LogP contribution is -2.49. The predicted molar refractivity (Wildman–Crippen MR) is 135 cm³/mol. The minimum absolute atomic E-state index is 0.0163. The van der Waals surface area contributed by atoms with Crippen molar-refractivity contribution >= 4 is 39.7 Å². The smallest absolute Gasteiger partial charge is 0.322 e. The molecule has 14 nitrogen and oxygen atoms in total. The SMILES string of the molecule is CCOc1cncc(-c2cnc(C(=O)N3CCNCC3c3ccnc(N(OC=O)S(=O)(=O)C4CC4)n3)s2)n1. The average Bonchev–Trinajstić information content (AvgIpc) is 3.69. The third-order valence-electron chi connectivity index (χ3n) is 5.83. The maximum atomic E-state index is 13.5. The van der Waals surface area contributed by atoms with Crippen LogP contribution in [0.4, 0.5) is 5.95 Å². The van der Waals surface area contributed by atoms with E-state index in [0.717, 1.165) is 0 Å². The fourth-order valence-corrected chi connectivity index (χ4v) is 6.21. The van der Waals surface area contributed by atoms with Crippen molar-refractivity contribution in [2.45, 2.75) is 31.1 Å². The fraction of sp³-hybridized carbons (Fsp3) is 0.409. The number of ether oxygens (including phenoxy) is 1. The van der Waals surface area contributed by atoms with Gasteiger partial charge in [-0.3, -0.25) is 14.6 Å². The first-order valence-electron chi connectivity index (χ1n) is 11.8. The lowest BCUT2D eigenvalue weighted by atomic mass is 10.1. The van der Waals surface area contributed by atoms with Crippen LogP contribution in [-0.4, -0.2) is 82.1 Å². The summed E-state index contributed by atoms with van der Waals surface area (Å²) in [7, 11) is -3.96.